The van der Waals surface area contributed by atoms with Gasteiger partial charge in [-0.3, -0.25) is 4.90 Å². The van der Waals surface area contributed by atoms with Gasteiger partial charge in [0.05, 0.1) is 0 Å². The van der Waals surface area contributed by atoms with E-state index >= 15 is 0 Å². The van der Waals surface area contributed by atoms with E-state index in [0.717, 1.165) is 13.2 Å². The zero-order valence-corrected chi connectivity index (χ0v) is 10.1. The van der Waals surface area contributed by atoms with E-state index in [4.69, 9.17) is 4.74 Å². The van der Waals surface area contributed by atoms with E-state index < -0.39 is 0 Å². The van der Waals surface area contributed by atoms with Gasteiger partial charge in [0, 0.05) is 19.7 Å². The van der Waals surface area contributed by atoms with E-state index in [2.05, 4.69) is 18.4 Å². The highest BCUT2D eigenvalue weighted by molar-refractivity contribution is 4.78. The third kappa shape index (κ3) is 4.80. The lowest BCUT2D eigenvalue weighted by Gasteiger charge is -2.34. The number of unbranched alkanes of at least 4 members (excludes halogenated alkanes) is 2. The normalized spacial score (nSPS) is 22.9. The Bertz CT molecular complexity index is 170. The molecule has 2 heteroatoms. The monoisotopic (exact) mass is 211 g/mol. The maximum atomic E-state index is 5.93. The van der Waals surface area contributed by atoms with Gasteiger partial charge in [-0.25, -0.2) is 0 Å². The first kappa shape index (κ1) is 12.7. The molecule has 1 aliphatic heterocycles. The molecule has 2 nitrogen and oxygen atoms in total. The second-order valence-electron chi connectivity index (χ2n) is 4.31. The number of nitrogens with zero attached hydrogens (tertiary/aromatic N) is 1. The summed E-state index contributed by atoms with van der Waals surface area (Å²) in [5.74, 6) is 0. The molecule has 0 radical (unpaired) electrons. The van der Waals surface area contributed by atoms with Crippen molar-refractivity contribution in [2.45, 2.75) is 51.7 Å². The number of ether oxygens (including phenoxy) is 1. The van der Waals surface area contributed by atoms with Gasteiger partial charge in [0.2, 0.25) is 0 Å². The predicted octanol–water partition coefficient (Wildman–Crippen LogP) is 3.19. The van der Waals surface area contributed by atoms with Gasteiger partial charge < -0.3 is 4.74 Å². The van der Waals surface area contributed by atoms with Gasteiger partial charge in [0.1, 0.15) is 6.23 Å². The first-order valence-corrected chi connectivity index (χ1v) is 6.35. The molecule has 0 aromatic heterocycles. The molecule has 88 valence electrons. The van der Waals surface area contributed by atoms with Gasteiger partial charge in [-0.2, -0.15) is 0 Å². The molecule has 1 rings (SSSR count). The highest BCUT2D eigenvalue weighted by Crippen LogP contribution is 2.18. The van der Waals surface area contributed by atoms with E-state index in [-0.39, 0.29) is 0 Å². The minimum Gasteiger partial charge on any atom is -0.363 e. The molecule has 0 bridgehead atoms. The molecular weight excluding hydrogens is 186 g/mol. The smallest absolute Gasteiger partial charge is 0.110 e. The van der Waals surface area contributed by atoms with Crippen molar-refractivity contribution in [3.8, 4) is 0 Å². The molecule has 1 unspecified atom stereocenters. The Morgan fingerprint density at radius 2 is 2.27 bits per heavy atom. The van der Waals surface area contributed by atoms with Gasteiger partial charge >= 0.3 is 0 Å². The van der Waals surface area contributed by atoms with Crippen LogP contribution in [0.25, 0.3) is 0 Å². The molecule has 1 fully saturated rings. The third-order valence-corrected chi connectivity index (χ3v) is 2.98. The van der Waals surface area contributed by atoms with Gasteiger partial charge in [-0.1, -0.05) is 25.8 Å². The molecule has 1 aliphatic rings. The standard InChI is InChI=1S/C13H25NO/c1-3-5-8-12-15-13-9-6-7-11-14(13)10-4-2/h4,13H,2-3,5-12H2,1H3. The first-order chi connectivity index (χ1) is 7.38. The molecule has 1 heterocycles. The van der Waals surface area contributed by atoms with E-state index in [0.29, 0.717) is 6.23 Å². The minimum atomic E-state index is 0.355. The van der Waals surface area contributed by atoms with Crippen molar-refractivity contribution >= 4 is 0 Å². The summed E-state index contributed by atoms with van der Waals surface area (Å²) in [4.78, 5) is 2.41. The quantitative estimate of drug-likeness (QED) is 0.473. The van der Waals surface area contributed by atoms with Crippen LogP contribution in [0.15, 0.2) is 12.7 Å². The molecule has 0 aliphatic carbocycles. The third-order valence-electron chi connectivity index (χ3n) is 2.98. The first-order valence-electron chi connectivity index (χ1n) is 6.35. The molecule has 1 atom stereocenters. The van der Waals surface area contributed by atoms with Crippen LogP contribution in [0.3, 0.4) is 0 Å². The zero-order valence-electron chi connectivity index (χ0n) is 10.1. The van der Waals surface area contributed by atoms with E-state index in [1.165, 1.54) is 45.1 Å². The Morgan fingerprint density at radius 3 is 3.00 bits per heavy atom. The summed E-state index contributed by atoms with van der Waals surface area (Å²) in [5.41, 5.74) is 0. The number of likely N-dealkylation sites (tertiary alicyclic amines) is 1. The van der Waals surface area contributed by atoms with Crippen molar-refractivity contribution in [2.75, 3.05) is 19.7 Å². The van der Waals surface area contributed by atoms with Crippen LogP contribution >= 0.6 is 0 Å². The van der Waals surface area contributed by atoms with Crippen molar-refractivity contribution in [1.29, 1.82) is 0 Å². The average molecular weight is 211 g/mol. The van der Waals surface area contributed by atoms with Crippen LogP contribution < -0.4 is 0 Å². The van der Waals surface area contributed by atoms with Crippen LogP contribution in [-0.4, -0.2) is 30.8 Å². The zero-order chi connectivity index (χ0) is 10.9. The van der Waals surface area contributed by atoms with E-state index in [1.807, 2.05) is 6.08 Å². The Labute approximate surface area is 94.3 Å². The van der Waals surface area contributed by atoms with Gasteiger partial charge in [0.15, 0.2) is 0 Å². The van der Waals surface area contributed by atoms with Crippen LogP contribution in [0.5, 0.6) is 0 Å². The average Bonchev–Trinajstić information content (AvgIpc) is 2.27. The fourth-order valence-corrected chi connectivity index (χ4v) is 2.10. The van der Waals surface area contributed by atoms with Crippen molar-refractivity contribution in [2.24, 2.45) is 0 Å². The Balaban J connectivity index is 2.20. The molecule has 0 aromatic rings. The van der Waals surface area contributed by atoms with Crippen LogP contribution in [0.2, 0.25) is 0 Å². The second-order valence-corrected chi connectivity index (χ2v) is 4.31. The fourth-order valence-electron chi connectivity index (χ4n) is 2.10. The summed E-state index contributed by atoms with van der Waals surface area (Å²) >= 11 is 0. The summed E-state index contributed by atoms with van der Waals surface area (Å²) in [5, 5.41) is 0. The molecule has 0 N–H and O–H groups in total. The molecule has 0 spiro atoms. The van der Waals surface area contributed by atoms with Crippen molar-refractivity contribution in [3.63, 3.8) is 0 Å². The Kier molecular flexibility index (Phi) is 6.69. The SMILES string of the molecule is C=CCN1CCCCC1OCCCCC. The molecule has 0 saturated carbocycles. The summed E-state index contributed by atoms with van der Waals surface area (Å²) in [6.07, 6.45) is 9.91. The molecule has 15 heavy (non-hydrogen) atoms. The highest BCUT2D eigenvalue weighted by Gasteiger charge is 2.21. The maximum absolute atomic E-state index is 5.93. The Hall–Kier alpha value is -0.340. The van der Waals surface area contributed by atoms with Crippen LogP contribution in [0, 0.1) is 0 Å². The van der Waals surface area contributed by atoms with Crippen molar-refractivity contribution in [1.82, 2.24) is 4.90 Å². The minimum absolute atomic E-state index is 0.355. The fraction of sp³-hybridized carbons (Fsp3) is 0.846. The van der Waals surface area contributed by atoms with Crippen molar-refractivity contribution < 1.29 is 4.74 Å². The van der Waals surface area contributed by atoms with Gasteiger partial charge in [-0.05, 0) is 25.7 Å². The summed E-state index contributed by atoms with van der Waals surface area (Å²) in [6, 6.07) is 0. The molecular formula is C13H25NO. The molecule has 0 aromatic carbocycles. The lowest BCUT2D eigenvalue weighted by Crippen LogP contribution is -2.41. The van der Waals surface area contributed by atoms with E-state index in [9.17, 15) is 0 Å². The summed E-state index contributed by atoms with van der Waals surface area (Å²) in [6.45, 7) is 9.09. The van der Waals surface area contributed by atoms with E-state index in [1.54, 1.807) is 0 Å². The van der Waals surface area contributed by atoms with Gasteiger partial charge in [-0.15, -0.1) is 6.58 Å². The van der Waals surface area contributed by atoms with Crippen LogP contribution in [0.1, 0.15) is 45.4 Å². The van der Waals surface area contributed by atoms with Crippen LogP contribution in [-0.2, 0) is 4.74 Å². The lowest BCUT2D eigenvalue weighted by atomic mass is 10.1. The topological polar surface area (TPSA) is 12.5 Å². The number of hydrogen-bond donors (Lipinski definition) is 0. The molecule has 0 amide bonds. The van der Waals surface area contributed by atoms with Crippen LogP contribution in [0.4, 0.5) is 0 Å². The van der Waals surface area contributed by atoms with Crippen molar-refractivity contribution in [3.05, 3.63) is 12.7 Å². The molecule has 1 saturated heterocycles. The number of piperidine rings is 1. The second kappa shape index (κ2) is 7.89. The highest BCUT2D eigenvalue weighted by atomic mass is 16.5. The predicted molar refractivity (Wildman–Crippen MR) is 64.9 cm³/mol. The summed E-state index contributed by atoms with van der Waals surface area (Å²) in [7, 11) is 0. The maximum Gasteiger partial charge on any atom is 0.110 e. The summed E-state index contributed by atoms with van der Waals surface area (Å²) < 4.78 is 5.93. The lowest BCUT2D eigenvalue weighted by molar-refractivity contribution is -0.0754. The number of hydrogen-bond acceptors (Lipinski definition) is 2. The Morgan fingerprint density at radius 1 is 1.40 bits per heavy atom. The number of rotatable bonds is 7. The van der Waals surface area contributed by atoms with Gasteiger partial charge in [0.25, 0.3) is 0 Å². The largest absolute Gasteiger partial charge is 0.363 e.